The Balaban J connectivity index is 2.35. The van der Waals surface area contributed by atoms with E-state index in [2.05, 4.69) is 4.98 Å². The Bertz CT molecular complexity index is 871. The van der Waals surface area contributed by atoms with Gasteiger partial charge < -0.3 is 10.8 Å². The molecule has 0 aromatic carbocycles. The van der Waals surface area contributed by atoms with Gasteiger partial charge in [0.2, 0.25) is 11.7 Å². The second kappa shape index (κ2) is 4.67. The molecule has 0 bridgehead atoms. The summed E-state index contributed by atoms with van der Waals surface area (Å²) in [6.07, 6.45) is 0.901. The van der Waals surface area contributed by atoms with E-state index in [1.165, 1.54) is 11.3 Å². The molecule has 0 atom stereocenters. The number of aromatic hydroxyl groups is 1. The largest absolute Gasteiger partial charge is 0.494 e. The van der Waals surface area contributed by atoms with Crippen LogP contribution in [-0.2, 0) is 0 Å². The molecular formula is C13H8FN3O3S. The first kappa shape index (κ1) is 13.3. The highest BCUT2D eigenvalue weighted by molar-refractivity contribution is 7.12. The Kier molecular flexibility index (Phi) is 2.95. The van der Waals surface area contributed by atoms with Gasteiger partial charge in [-0.3, -0.25) is 9.78 Å². The Hall–Kier alpha value is -2.74. The van der Waals surface area contributed by atoms with Crippen LogP contribution >= 0.6 is 11.3 Å². The summed E-state index contributed by atoms with van der Waals surface area (Å²) in [7, 11) is 0. The number of thiophene rings is 1. The van der Waals surface area contributed by atoms with Crippen molar-refractivity contribution in [1.82, 2.24) is 9.55 Å². The third-order valence-corrected chi connectivity index (χ3v) is 3.81. The van der Waals surface area contributed by atoms with Crippen molar-refractivity contribution in [1.29, 1.82) is 0 Å². The van der Waals surface area contributed by atoms with Gasteiger partial charge in [0.05, 0.1) is 16.6 Å². The average Bonchev–Trinajstić information content (AvgIpc) is 3.02. The van der Waals surface area contributed by atoms with E-state index in [4.69, 9.17) is 5.73 Å². The van der Waals surface area contributed by atoms with E-state index in [1.807, 2.05) is 0 Å². The summed E-state index contributed by atoms with van der Waals surface area (Å²) in [4.78, 5) is 28.0. The molecule has 21 heavy (non-hydrogen) atoms. The van der Waals surface area contributed by atoms with Crippen LogP contribution in [0.3, 0.4) is 0 Å². The van der Waals surface area contributed by atoms with Crippen molar-refractivity contribution >= 4 is 34.2 Å². The van der Waals surface area contributed by atoms with E-state index in [9.17, 15) is 19.1 Å². The zero-order chi connectivity index (χ0) is 15.1. The zero-order valence-corrected chi connectivity index (χ0v) is 11.2. The van der Waals surface area contributed by atoms with Crippen LogP contribution in [0, 0.1) is 5.82 Å². The second-order valence-corrected chi connectivity index (χ2v) is 5.15. The Morgan fingerprint density at radius 3 is 2.81 bits per heavy atom. The van der Waals surface area contributed by atoms with Gasteiger partial charge in [0, 0.05) is 6.07 Å². The molecule has 3 aromatic heterocycles. The molecule has 3 rings (SSSR count). The van der Waals surface area contributed by atoms with Crippen LogP contribution in [0.5, 0.6) is 5.88 Å². The number of ketones is 1. The first-order valence-electron chi connectivity index (χ1n) is 5.77. The van der Waals surface area contributed by atoms with E-state index in [0.29, 0.717) is 9.44 Å². The summed E-state index contributed by atoms with van der Waals surface area (Å²) >= 11 is 1.18. The molecule has 106 valence electrons. The minimum atomic E-state index is -1.03. The van der Waals surface area contributed by atoms with Gasteiger partial charge in [-0.15, -0.1) is 11.3 Å². The number of primary amides is 1. The van der Waals surface area contributed by atoms with Crippen LogP contribution in [0.2, 0.25) is 0 Å². The predicted molar refractivity (Wildman–Crippen MR) is 74.1 cm³/mol. The minimum Gasteiger partial charge on any atom is -0.494 e. The number of aromatic nitrogens is 2. The number of fused-ring (bicyclic) bond motifs is 1. The van der Waals surface area contributed by atoms with Gasteiger partial charge in [-0.1, -0.05) is 6.07 Å². The molecule has 0 radical (unpaired) electrons. The van der Waals surface area contributed by atoms with Crippen LogP contribution in [-0.4, -0.2) is 26.5 Å². The smallest absolute Gasteiger partial charge is 0.326 e. The second-order valence-electron chi connectivity index (χ2n) is 4.20. The molecule has 1 amide bonds. The third kappa shape index (κ3) is 1.96. The molecule has 0 spiro atoms. The lowest BCUT2D eigenvalue weighted by atomic mass is 10.1. The summed E-state index contributed by atoms with van der Waals surface area (Å²) in [5, 5.41) is 11.8. The first-order chi connectivity index (χ1) is 10.0. The highest BCUT2D eigenvalue weighted by Crippen LogP contribution is 2.32. The molecule has 0 fully saturated rings. The predicted octanol–water partition coefficient (Wildman–Crippen LogP) is 2.10. The molecule has 0 saturated heterocycles. The molecule has 0 saturated carbocycles. The fraction of sp³-hybridized carbons (Fsp3) is 0. The van der Waals surface area contributed by atoms with Gasteiger partial charge in [0.1, 0.15) is 16.9 Å². The number of rotatable bonds is 2. The van der Waals surface area contributed by atoms with Crippen molar-refractivity contribution in [3.63, 3.8) is 0 Å². The average molecular weight is 305 g/mol. The van der Waals surface area contributed by atoms with Crippen molar-refractivity contribution in [2.75, 3.05) is 0 Å². The van der Waals surface area contributed by atoms with Crippen molar-refractivity contribution < 1.29 is 19.1 Å². The van der Waals surface area contributed by atoms with Gasteiger partial charge in [-0.05, 0) is 11.4 Å². The molecular weight excluding hydrogens is 297 g/mol. The van der Waals surface area contributed by atoms with Gasteiger partial charge in [0.15, 0.2) is 0 Å². The van der Waals surface area contributed by atoms with Crippen molar-refractivity contribution in [2.45, 2.75) is 0 Å². The Morgan fingerprint density at radius 2 is 2.19 bits per heavy atom. The van der Waals surface area contributed by atoms with Crippen LogP contribution < -0.4 is 5.73 Å². The maximum atomic E-state index is 13.3. The number of carbonyl (C=O) groups excluding carboxylic acids is 2. The zero-order valence-electron chi connectivity index (χ0n) is 10.4. The lowest BCUT2D eigenvalue weighted by Gasteiger charge is -2.00. The van der Waals surface area contributed by atoms with Crippen molar-refractivity contribution in [3.05, 3.63) is 46.0 Å². The first-order valence-corrected chi connectivity index (χ1v) is 6.65. The lowest BCUT2D eigenvalue weighted by Crippen LogP contribution is -2.19. The molecule has 6 nitrogen and oxygen atoms in total. The molecule has 3 aromatic rings. The topological polar surface area (TPSA) is 98.2 Å². The maximum absolute atomic E-state index is 13.3. The van der Waals surface area contributed by atoms with E-state index < -0.39 is 23.5 Å². The fourth-order valence-corrected chi connectivity index (χ4v) is 2.76. The lowest BCUT2D eigenvalue weighted by molar-refractivity contribution is 0.104. The van der Waals surface area contributed by atoms with Crippen LogP contribution in [0.4, 0.5) is 9.18 Å². The number of pyridine rings is 1. The standard InChI is InChI=1S/C13H8FN3O3S/c14-6-4-7-10(16-5-6)9(12(19)17(7)13(15)20)11(18)8-2-1-3-21-8/h1-5,19H,(H2,15,20). The maximum Gasteiger partial charge on any atom is 0.326 e. The summed E-state index contributed by atoms with van der Waals surface area (Å²) in [5.41, 5.74) is 4.96. The number of halogens is 1. The Labute approximate surface area is 121 Å². The minimum absolute atomic E-state index is 0.0195. The highest BCUT2D eigenvalue weighted by atomic mass is 32.1. The SMILES string of the molecule is NC(=O)n1c(O)c(C(=O)c2cccs2)c2ncc(F)cc21. The number of hydrogen-bond acceptors (Lipinski definition) is 5. The molecule has 0 aliphatic heterocycles. The van der Waals surface area contributed by atoms with Crippen molar-refractivity contribution in [2.24, 2.45) is 5.73 Å². The van der Waals surface area contributed by atoms with Crippen LogP contribution in [0.1, 0.15) is 15.2 Å². The normalized spacial score (nSPS) is 10.9. The molecule has 8 heteroatoms. The molecule has 0 unspecified atom stereocenters. The van der Waals surface area contributed by atoms with Crippen LogP contribution in [0.15, 0.2) is 29.8 Å². The number of carbonyl (C=O) groups is 2. The van der Waals surface area contributed by atoms with Gasteiger partial charge in [-0.2, -0.15) is 0 Å². The molecule has 3 heterocycles. The Morgan fingerprint density at radius 1 is 1.43 bits per heavy atom. The van der Waals surface area contributed by atoms with E-state index in [1.54, 1.807) is 17.5 Å². The summed E-state index contributed by atoms with van der Waals surface area (Å²) in [5.74, 6) is -1.86. The molecule has 0 aliphatic carbocycles. The monoisotopic (exact) mass is 305 g/mol. The quantitative estimate of drug-likeness (QED) is 0.708. The summed E-state index contributed by atoms with van der Waals surface area (Å²) in [6.45, 7) is 0. The van der Waals surface area contributed by atoms with Crippen molar-refractivity contribution in [3.8, 4) is 5.88 Å². The van der Waals surface area contributed by atoms with Gasteiger partial charge in [-0.25, -0.2) is 13.8 Å². The van der Waals surface area contributed by atoms with Gasteiger partial charge in [0.25, 0.3) is 0 Å². The number of hydrogen-bond donors (Lipinski definition) is 2. The van der Waals surface area contributed by atoms with E-state index in [0.717, 1.165) is 12.3 Å². The molecule has 3 N–H and O–H groups in total. The number of amides is 1. The summed E-state index contributed by atoms with van der Waals surface area (Å²) < 4.78 is 14.0. The van der Waals surface area contributed by atoms with E-state index >= 15 is 0 Å². The molecule has 0 aliphatic rings. The number of nitrogens with zero attached hydrogens (tertiary/aromatic N) is 2. The van der Waals surface area contributed by atoms with Gasteiger partial charge >= 0.3 is 6.03 Å². The number of nitrogens with two attached hydrogens (primary N) is 1. The highest BCUT2D eigenvalue weighted by Gasteiger charge is 2.27. The third-order valence-electron chi connectivity index (χ3n) is 2.94. The fourth-order valence-electron chi connectivity index (χ4n) is 2.09. The summed E-state index contributed by atoms with van der Waals surface area (Å²) in [6, 6.07) is 3.20. The van der Waals surface area contributed by atoms with E-state index in [-0.39, 0.29) is 16.6 Å². The van der Waals surface area contributed by atoms with Crippen LogP contribution in [0.25, 0.3) is 11.0 Å².